The largest absolute Gasteiger partial charge is 0.507 e. The molecule has 0 fully saturated rings. The van der Waals surface area contributed by atoms with Crippen molar-refractivity contribution in [3.8, 4) is 11.5 Å². The van der Waals surface area contributed by atoms with Crippen LogP contribution in [-0.2, 0) is 16.1 Å². The van der Waals surface area contributed by atoms with Gasteiger partial charge in [-0.25, -0.2) is 4.79 Å². The van der Waals surface area contributed by atoms with Gasteiger partial charge in [-0.15, -0.1) is 0 Å². The van der Waals surface area contributed by atoms with Crippen molar-refractivity contribution in [2.75, 3.05) is 7.11 Å². The fraction of sp³-hybridized carbons (Fsp3) is 0.222. The lowest BCUT2D eigenvalue weighted by atomic mass is 10.2. The molecule has 2 rings (SSSR count). The molecule has 126 valence electrons. The molecule has 0 bridgehead atoms. The van der Waals surface area contributed by atoms with Crippen LogP contribution < -0.4 is 10.1 Å². The van der Waals surface area contributed by atoms with E-state index in [2.05, 4.69) is 5.32 Å². The first-order chi connectivity index (χ1) is 11.5. The molecule has 2 aromatic carbocycles. The van der Waals surface area contributed by atoms with Crippen molar-refractivity contribution in [1.29, 1.82) is 0 Å². The second kappa shape index (κ2) is 8.01. The van der Waals surface area contributed by atoms with E-state index in [1.54, 1.807) is 31.4 Å². The molecule has 6 heteroatoms. The molecule has 0 aliphatic rings. The number of hydrogen-bond acceptors (Lipinski definition) is 5. The Morgan fingerprint density at radius 1 is 1.12 bits per heavy atom. The molecular formula is C18H19NO5. The lowest BCUT2D eigenvalue weighted by Gasteiger charge is -2.14. The molecule has 0 spiro atoms. The van der Waals surface area contributed by atoms with E-state index in [1.165, 1.54) is 19.1 Å². The molecule has 2 aromatic rings. The summed E-state index contributed by atoms with van der Waals surface area (Å²) in [5.74, 6) is -0.627. The maximum absolute atomic E-state index is 12.0. The van der Waals surface area contributed by atoms with Gasteiger partial charge in [-0.2, -0.15) is 0 Å². The van der Waals surface area contributed by atoms with Gasteiger partial charge in [0.1, 0.15) is 17.1 Å². The van der Waals surface area contributed by atoms with Crippen molar-refractivity contribution in [2.24, 2.45) is 0 Å². The molecule has 1 amide bonds. The SMILES string of the molecule is COc1ccc(CNC(=O)[C@H](C)OC(=O)c2ccccc2O)cc1. The fourth-order valence-electron chi connectivity index (χ4n) is 2.00. The highest BCUT2D eigenvalue weighted by atomic mass is 16.5. The predicted octanol–water partition coefficient (Wildman–Crippen LogP) is 2.26. The number of aromatic hydroxyl groups is 1. The molecule has 0 saturated carbocycles. The van der Waals surface area contributed by atoms with Crippen molar-refractivity contribution in [2.45, 2.75) is 19.6 Å². The molecule has 0 radical (unpaired) electrons. The smallest absolute Gasteiger partial charge is 0.342 e. The van der Waals surface area contributed by atoms with Gasteiger partial charge in [0.25, 0.3) is 5.91 Å². The Morgan fingerprint density at radius 3 is 2.42 bits per heavy atom. The lowest BCUT2D eigenvalue weighted by Crippen LogP contribution is -2.35. The van der Waals surface area contributed by atoms with Crippen molar-refractivity contribution < 1.29 is 24.2 Å². The van der Waals surface area contributed by atoms with Crippen LogP contribution in [0.15, 0.2) is 48.5 Å². The van der Waals surface area contributed by atoms with Crippen LogP contribution in [0.4, 0.5) is 0 Å². The molecule has 1 atom stereocenters. The highest BCUT2D eigenvalue weighted by Gasteiger charge is 2.20. The number of para-hydroxylation sites is 1. The number of benzene rings is 2. The van der Waals surface area contributed by atoms with Gasteiger partial charge in [0.15, 0.2) is 6.10 Å². The number of rotatable bonds is 6. The van der Waals surface area contributed by atoms with E-state index in [9.17, 15) is 14.7 Å². The summed E-state index contributed by atoms with van der Waals surface area (Å²) < 4.78 is 10.1. The zero-order valence-electron chi connectivity index (χ0n) is 13.5. The number of phenols is 1. The average molecular weight is 329 g/mol. The standard InChI is InChI=1S/C18H19NO5/c1-12(24-18(22)15-5-3-4-6-16(15)20)17(21)19-11-13-7-9-14(23-2)10-8-13/h3-10,12,20H,11H2,1-2H3,(H,19,21)/t12-/m0/s1. The van der Waals surface area contributed by atoms with Gasteiger partial charge in [-0.1, -0.05) is 24.3 Å². The summed E-state index contributed by atoms with van der Waals surface area (Å²) >= 11 is 0. The molecule has 24 heavy (non-hydrogen) atoms. The summed E-state index contributed by atoms with van der Waals surface area (Å²) in [6, 6.07) is 13.3. The molecule has 6 nitrogen and oxygen atoms in total. The molecule has 0 saturated heterocycles. The van der Waals surface area contributed by atoms with Gasteiger partial charge in [0.2, 0.25) is 0 Å². The first-order valence-electron chi connectivity index (χ1n) is 7.41. The van der Waals surface area contributed by atoms with Crippen LogP contribution >= 0.6 is 0 Å². The van der Waals surface area contributed by atoms with Crippen LogP contribution in [-0.4, -0.2) is 30.2 Å². The van der Waals surface area contributed by atoms with Gasteiger partial charge in [-0.05, 0) is 36.8 Å². The Balaban J connectivity index is 1.87. The number of esters is 1. The van der Waals surface area contributed by atoms with E-state index in [0.717, 1.165) is 11.3 Å². The summed E-state index contributed by atoms with van der Waals surface area (Å²) in [5.41, 5.74) is 0.913. The second-order valence-corrected chi connectivity index (χ2v) is 5.13. The molecular weight excluding hydrogens is 310 g/mol. The van der Waals surface area contributed by atoms with Crippen LogP contribution in [0, 0.1) is 0 Å². The number of amides is 1. The highest BCUT2D eigenvalue weighted by Crippen LogP contribution is 2.17. The number of phenolic OH excluding ortho intramolecular Hbond substituents is 1. The summed E-state index contributed by atoms with van der Waals surface area (Å²) in [4.78, 5) is 24.0. The molecule has 0 aromatic heterocycles. The number of hydrogen-bond donors (Lipinski definition) is 2. The van der Waals surface area contributed by atoms with Crippen molar-refractivity contribution in [3.63, 3.8) is 0 Å². The quantitative estimate of drug-likeness (QED) is 0.794. The van der Waals surface area contributed by atoms with E-state index in [-0.39, 0.29) is 11.3 Å². The van der Waals surface area contributed by atoms with Crippen LogP contribution in [0.1, 0.15) is 22.8 Å². The van der Waals surface area contributed by atoms with Crippen LogP contribution in [0.3, 0.4) is 0 Å². The van der Waals surface area contributed by atoms with Crippen molar-refractivity contribution in [3.05, 3.63) is 59.7 Å². The maximum atomic E-state index is 12.0. The van der Waals surface area contributed by atoms with E-state index in [1.807, 2.05) is 12.1 Å². The zero-order valence-corrected chi connectivity index (χ0v) is 13.5. The van der Waals surface area contributed by atoms with Crippen LogP contribution in [0.5, 0.6) is 11.5 Å². The van der Waals surface area contributed by atoms with E-state index >= 15 is 0 Å². The highest BCUT2D eigenvalue weighted by molar-refractivity contribution is 5.94. The van der Waals surface area contributed by atoms with Gasteiger partial charge in [0, 0.05) is 6.54 Å². The van der Waals surface area contributed by atoms with Gasteiger partial charge in [0.05, 0.1) is 7.11 Å². The predicted molar refractivity (Wildman–Crippen MR) is 87.8 cm³/mol. The molecule has 0 aliphatic heterocycles. The third-order valence-electron chi connectivity index (χ3n) is 3.40. The minimum Gasteiger partial charge on any atom is -0.507 e. The normalized spacial score (nSPS) is 11.4. The summed E-state index contributed by atoms with van der Waals surface area (Å²) in [6.07, 6.45) is -0.977. The van der Waals surface area contributed by atoms with Crippen molar-refractivity contribution in [1.82, 2.24) is 5.32 Å². The Morgan fingerprint density at radius 2 is 1.79 bits per heavy atom. The van der Waals surface area contributed by atoms with E-state index in [4.69, 9.17) is 9.47 Å². The summed E-state index contributed by atoms with van der Waals surface area (Å²) in [7, 11) is 1.58. The van der Waals surface area contributed by atoms with Gasteiger partial charge >= 0.3 is 5.97 Å². The first-order valence-corrected chi connectivity index (χ1v) is 7.41. The van der Waals surface area contributed by atoms with Gasteiger partial charge in [-0.3, -0.25) is 4.79 Å². The van der Waals surface area contributed by atoms with Crippen LogP contribution in [0.2, 0.25) is 0 Å². The topological polar surface area (TPSA) is 84.9 Å². The Bertz CT molecular complexity index is 712. The maximum Gasteiger partial charge on any atom is 0.342 e. The number of ether oxygens (including phenoxy) is 2. The third kappa shape index (κ3) is 4.49. The average Bonchev–Trinajstić information content (AvgIpc) is 2.60. The third-order valence-corrected chi connectivity index (χ3v) is 3.40. The minimum atomic E-state index is -0.977. The van der Waals surface area contributed by atoms with Crippen molar-refractivity contribution >= 4 is 11.9 Å². The molecule has 0 unspecified atom stereocenters. The molecule has 0 aliphatic carbocycles. The molecule has 2 N–H and O–H groups in total. The van der Waals surface area contributed by atoms with E-state index in [0.29, 0.717) is 6.54 Å². The number of carbonyl (C=O) groups is 2. The Labute approximate surface area is 140 Å². The lowest BCUT2D eigenvalue weighted by molar-refractivity contribution is -0.129. The van der Waals surface area contributed by atoms with Gasteiger partial charge < -0.3 is 19.9 Å². The number of methoxy groups -OCH3 is 1. The molecule has 0 heterocycles. The summed E-state index contributed by atoms with van der Waals surface area (Å²) in [5, 5.41) is 12.3. The number of carbonyl (C=O) groups excluding carboxylic acids is 2. The Kier molecular flexibility index (Phi) is 5.78. The van der Waals surface area contributed by atoms with Crippen LogP contribution in [0.25, 0.3) is 0 Å². The zero-order chi connectivity index (χ0) is 17.5. The van der Waals surface area contributed by atoms with E-state index < -0.39 is 18.0 Å². The number of nitrogens with one attached hydrogen (secondary N) is 1. The minimum absolute atomic E-state index is 0.0207. The second-order valence-electron chi connectivity index (χ2n) is 5.13. The Hall–Kier alpha value is -3.02. The fourth-order valence-corrected chi connectivity index (χ4v) is 2.00. The monoisotopic (exact) mass is 329 g/mol. The summed E-state index contributed by atoms with van der Waals surface area (Å²) in [6.45, 7) is 1.78. The first kappa shape index (κ1) is 17.3.